The van der Waals surface area contributed by atoms with Crippen molar-refractivity contribution < 1.29 is 19.1 Å². The normalized spacial score (nSPS) is 18.4. The lowest BCUT2D eigenvalue weighted by Gasteiger charge is -2.24. The Balaban J connectivity index is 1.87. The molecule has 1 saturated heterocycles. The number of rotatable bonds is 4. The average molecular weight is 517 g/mol. The van der Waals surface area contributed by atoms with Crippen LogP contribution in [0.4, 0.5) is 0 Å². The Kier molecular flexibility index (Phi) is 5.43. The molecule has 1 N–H and O–H groups in total. The van der Waals surface area contributed by atoms with Gasteiger partial charge in [0.2, 0.25) is 0 Å². The van der Waals surface area contributed by atoms with Crippen molar-refractivity contribution in [1.29, 1.82) is 0 Å². The van der Waals surface area contributed by atoms with Crippen molar-refractivity contribution in [2.45, 2.75) is 12.6 Å². The lowest BCUT2D eigenvalue weighted by Crippen LogP contribution is -2.29. The van der Waals surface area contributed by atoms with Gasteiger partial charge in [-0.2, -0.15) is 0 Å². The van der Waals surface area contributed by atoms with Crippen LogP contribution in [-0.4, -0.2) is 21.7 Å². The number of benzene rings is 2. The maximum Gasteiger partial charge on any atom is 0.296 e. The van der Waals surface area contributed by atoms with Gasteiger partial charge in [0.25, 0.3) is 11.7 Å². The van der Waals surface area contributed by atoms with Gasteiger partial charge in [-0.25, -0.2) is 0 Å². The van der Waals surface area contributed by atoms with E-state index >= 15 is 0 Å². The number of ketones is 1. The fraction of sp³-hybridized carbons (Fsp3) is 0.0909. The monoisotopic (exact) mass is 515 g/mol. The van der Waals surface area contributed by atoms with Crippen LogP contribution in [0.2, 0.25) is 0 Å². The molecule has 7 heteroatoms. The average Bonchev–Trinajstić information content (AvgIpc) is 3.30. The maximum absolute atomic E-state index is 12.9. The van der Waals surface area contributed by atoms with Crippen molar-refractivity contribution in [2.75, 3.05) is 0 Å². The highest BCUT2D eigenvalue weighted by Crippen LogP contribution is 2.41. The molecule has 29 heavy (non-hydrogen) atoms. The highest BCUT2D eigenvalue weighted by Gasteiger charge is 2.46. The highest BCUT2D eigenvalue weighted by atomic mass is 79.9. The molecule has 1 unspecified atom stereocenters. The summed E-state index contributed by atoms with van der Waals surface area (Å²) in [7, 11) is 0. The SMILES string of the molecule is O=C1C(=O)N(Cc2ccco2)C(c2cccc(Br)c2)/C1=C(\O)c1ccc(Br)cc1. The second-order valence-electron chi connectivity index (χ2n) is 6.57. The zero-order valence-corrected chi connectivity index (χ0v) is 18.2. The van der Waals surface area contributed by atoms with E-state index in [1.807, 2.05) is 24.3 Å². The number of hydrogen-bond acceptors (Lipinski definition) is 4. The predicted molar refractivity (Wildman–Crippen MR) is 115 cm³/mol. The lowest BCUT2D eigenvalue weighted by atomic mass is 9.95. The fourth-order valence-corrected chi connectivity index (χ4v) is 4.08. The van der Waals surface area contributed by atoms with Crippen LogP contribution < -0.4 is 0 Å². The van der Waals surface area contributed by atoms with Gasteiger partial charge < -0.3 is 14.4 Å². The van der Waals surface area contributed by atoms with E-state index in [0.29, 0.717) is 16.9 Å². The van der Waals surface area contributed by atoms with Crippen molar-refractivity contribution in [3.8, 4) is 0 Å². The Morgan fingerprint density at radius 2 is 1.76 bits per heavy atom. The number of Topliss-reactive ketones (excluding diaryl/α,β-unsaturated/α-hetero) is 1. The molecule has 1 aromatic heterocycles. The van der Waals surface area contributed by atoms with Gasteiger partial charge >= 0.3 is 0 Å². The van der Waals surface area contributed by atoms with Gasteiger partial charge in [0.1, 0.15) is 11.5 Å². The molecule has 5 nitrogen and oxygen atoms in total. The summed E-state index contributed by atoms with van der Waals surface area (Å²) in [6, 6.07) is 17.0. The quantitative estimate of drug-likeness (QED) is 0.285. The second kappa shape index (κ2) is 8.00. The number of furan rings is 1. The molecule has 0 spiro atoms. The molecule has 1 fully saturated rings. The van der Waals surface area contributed by atoms with Crippen LogP contribution in [0, 0.1) is 0 Å². The summed E-state index contributed by atoms with van der Waals surface area (Å²) in [6.07, 6.45) is 1.52. The summed E-state index contributed by atoms with van der Waals surface area (Å²) in [6.45, 7) is 0.117. The van der Waals surface area contributed by atoms with Gasteiger partial charge in [-0.1, -0.05) is 56.1 Å². The number of aliphatic hydroxyl groups excluding tert-OH is 1. The van der Waals surface area contributed by atoms with E-state index in [-0.39, 0.29) is 17.9 Å². The van der Waals surface area contributed by atoms with Crippen LogP contribution in [0.3, 0.4) is 0 Å². The molecular weight excluding hydrogens is 502 g/mol. The second-order valence-corrected chi connectivity index (χ2v) is 8.40. The Hall–Kier alpha value is -2.64. The number of amides is 1. The van der Waals surface area contributed by atoms with Crippen LogP contribution in [0.5, 0.6) is 0 Å². The van der Waals surface area contributed by atoms with Crippen molar-refractivity contribution in [3.63, 3.8) is 0 Å². The third-order valence-electron chi connectivity index (χ3n) is 4.73. The minimum absolute atomic E-state index is 0.0574. The number of aliphatic hydroxyl groups is 1. The first-order valence-corrected chi connectivity index (χ1v) is 10.4. The molecule has 0 aliphatic carbocycles. The maximum atomic E-state index is 12.9. The number of carbonyl (C=O) groups is 2. The van der Waals surface area contributed by atoms with E-state index in [9.17, 15) is 14.7 Å². The molecule has 146 valence electrons. The van der Waals surface area contributed by atoms with Crippen molar-refractivity contribution >= 4 is 49.3 Å². The number of carbonyl (C=O) groups excluding carboxylic acids is 2. The van der Waals surface area contributed by atoms with E-state index in [4.69, 9.17) is 4.42 Å². The molecule has 0 bridgehead atoms. The summed E-state index contributed by atoms with van der Waals surface area (Å²) in [4.78, 5) is 27.2. The van der Waals surface area contributed by atoms with Crippen LogP contribution >= 0.6 is 31.9 Å². The van der Waals surface area contributed by atoms with E-state index in [1.165, 1.54) is 11.2 Å². The van der Waals surface area contributed by atoms with Gasteiger partial charge in [-0.15, -0.1) is 0 Å². The van der Waals surface area contributed by atoms with Crippen molar-refractivity contribution in [2.24, 2.45) is 0 Å². The molecule has 1 atom stereocenters. The highest BCUT2D eigenvalue weighted by molar-refractivity contribution is 9.10. The third kappa shape index (κ3) is 3.80. The van der Waals surface area contributed by atoms with Crippen LogP contribution in [0.15, 0.2) is 85.9 Å². The van der Waals surface area contributed by atoms with Crippen LogP contribution in [0.25, 0.3) is 5.76 Å². The number of nitrogens with zero attached hydrogens (tertiary/aromatic N) is 1. The molecular formula is C22H15Br2NO4. The molecule has 0 saturated carbocycles. The van der Waals surface area contributed by atoms with Crippen molar-refractivity contribution in [1.82, 2.24) is 4.90 Å². The smallest absolute Gasteiger partial charge is 0.296 e. The Morgan fingerprint density at radius 3 is 2.41 bits per heavy atom. The zero-order valence-electron chi connectivity index (χ0n) is 15.0. The van der Waals surface area contributed by atoms with Gasteiger partial charge in [-0.05, 0) is 42.0 Å². The lowest BCUT2D eigenvalue weighted by molar-refractivity contribution is -0.140. The Labute approximate surface area is 183 Å². The standard InChI is InChI=1S/C22H15Br2NO4/c23-15-8-6-13(7-9-15)20(26)18-19(14-3-1-4-16(24)11-14)25(22(28)21(18)27)12-17-5-2-10-29-17/h1-11,19,26H,12H2/b20-18+. The van der Waals surface area contributed by atoms with Gasteiger partial charge in [0.05, 0.1) is 24.4 Å². The van der Waals surface area contributed by atoms with Gasteiger partial charge in [-0.3, -0.25) is 9.59 Å². The predicted octanol–water partition coefficient (Wildman–Crippen LogP) is 5.43. The Bertz CT molecular complexity index is 1100. The number of likely N-dealkylation sites (tertiary alicyclic amines) is 1. The zero-order chi connectivity index (χ0) is 20.5. The minimum Gasteiger partial charge on any atom is -0.507 e. The first-order chi connectivity index (χ1) is 14.0. The van der Waals surface area contributed by atoms with Crippen LogP contribution in [0.1, 0.15) is 22.9 Å². The number of halogens is 2. The Morgan fingerprint density at radius 1 is 1.00 bits per heavy atom. The summed E-state index contributed by atoms with van der Waals surface area (Å²) in [5, 5.41) is 11.0. The van der Waals surface area contributed by atoms with Crippen LogP contribution in [-0.2, 0) is 16.1 Å². The molecule has 3 aromatic rings. The molecule has 0 radical (unpaired) electrons. The largest absolute Gasteiger partial charge is 0.507 e. The van der Waals surface area contributed by atoms with Crippen molar-refractivity contribution in [3.05, 3.63) is 98.3 Å². The van der Waals surface area contributed by atoms with E-state index in [2.05, 4.69) is 31.9 Å². The molecule has 1 amide bonds. The fourth-order valence-electron chi connectivity index (χ4n) is 3.40. The summed E-state index contributed by atoms with van der Waals surface area (Å²) in [5.74, 6) is -1.05. The molecule has 2 aromatic carbocycles. The summed E-state index contributed by atoms with van der Waals surface area (Å²) < 4.78 is 7.03. The van der Waals surface area contributed by atoms with E-state index in [1.54, 1.807) is 36.4 Å². The molecule has 2 heterocycles. The molecule has 4 rings (SSSR count). The van der Waals surface area contributed by atoms with E-state index < -0.39 is 17.7 Å². The minimum atomic E-state index is -0.735. The molecule has 1 aliphatic heterocycles. The third-order valence-corrected chi connectivity index (χ3v) is 5.75. The first-order valence-electron chi connectivity index (χ1n) is 8.78. The number of hydrogen-bond donors (Lipinski definition) is 1. The first kappa shape index (κ1) is 19.7. The van der Waals surface area contributed by atoms with E-state index in [0.717, 1.165) is 8.95 Å². The van der Waals surface area contributed by atoms with Gasteiger partial charge in [0, 0.05) is 14.5 Å². The topological polar surface area (TPSA) is 70.8 Å². The summed E-state index contributed by atoms with van der Waals surface area (Å²) >= 11 is 6.80. The summed E-state index contributed by atoms with van der Waals surface area (Å²) in [5.41, 5.74) is 1.23. The van der Waals surface area contributed by atoms with Gasteiger partial charge in [0.15, 0.2) is 0 Å². The molecule has 1 aliphatic rings.